The molecule has 102 valence electrons. The molecule has 0 aromatic heterocycles. The van der Waals surface area contributed by atoms with E-state index >= 15 is 0 Å². The largest absolute Gasteiger partial charge is 0.479 e. The number of hydrogen-bond acceptors (Lipinski definition) is 5. The van der Waals surface area contributed by atoms with Crippen LogP contribution in [0.2, 0.25) is 0 Å². The maximum Gasteiger partial charge on any atom is 0.332 e. The molecule has 18 heavy (non-hydrogen) atoms. The summed E-state index contributed by atoms with van der Waals surface area (Å²) in [7, 11) is -3.03. The van der Waals surface area contributed by atoms with Gasteiger partial charge in [0.15, 0.2) is 15.9 Å². The van der Waals surface area contributed by atoms with Crippen LogP contribution in [0.5, 0.6) is 0 Å². The van der Waals surface area contributed by atoms with Crippen LogP contribution in [-0.2, 0) is 24.2 Å². The molecule has 2 aliphatic rings. The molecule has 8 heteroatoms. The molecule has 2 heterocycles. The van der Waals surface area contributed by atoms with Crippen LogP contribution >= 0.6 is 0 Å². The molecule has 0 unspecified atom stereocenters. The molecule has 1 amide bonds. The van der Waals surface area contributed by atoms with Gasteiger partial charge in [0.1, 0.15) is 6.10 Å². The zero-order valence-corrected chi connectivity index (χ0v) is 10.6. The van der Waals surface area contributed by atoms with E-state index in [2.05, 4.69) is 0 Å². The molecule has 0 spiro atoms. The number of hydrogen-bond donors (Lipinski definition) is 1. The lowest BCUT2D eigenvalue weighted by molar-refractivity contribution is -0.154. The fourth-order valence-electron chi connectivity index (χ4n) is 2.14. The van der Waals surface area contributed by atoms with Crippen LogP contribution < -0.4 is 0 Å². The van der Waals surface area contributed by atoms with Gasteiger partial charge in [-0.05, 0) is 12.8 Å². The number of carboxylic acid groups (broad SMARTS) is 1. The monoisotopic (exact) mass is 277 g/mol. The number of aliphatic carboxylic acids is 1. The van der Waals surface area contributed by atoms with Gasteiger partial charge in [-0.1, -0.05) is 0 Å². The van der Waals surface area contributed by atoms with E-state index in [1.165, 1.54) is 4.90 Å². The van der Waals surface area contributed by atoms with E-state index in [0.717, 1.165) is 0 Å². The van der Waals surface area contributed by atoms with Crippen LogP contribution in [0.4, 0.5) is 0 Å². The predicted octanol–water partition coefficient (Wildman–Crippen LogP) is -1.12. The molecular formula is C10H15NO6S. The van der Waals surface area contributed by atoms with Crippen molar-refractivity contribution in [3.8, 4) is 0 Å². The lowest BCUT2D eigenvalue weighted by Gasteiger charge is -2.28. The van der Waals surface area contributed by atoms with Crippen molar-refractivity contribution in [3.63, 3.8) is 0 Å². The Labute approximate surface area is 105 Å². The average Bonchev–Trinajstić information content (AvgIpc) is 2.77. The molecule has 0 bridgehead atoms. The van der Waals surface area contributed by atoms with Crippen LogP contribution in [0.1, 0.15) is 12.8 Å². The third kappa shape index (κ3) is 2.81. The summed E-state index contributed by atoms with van der Waals surface area (Å²) in [6.45, 7) is 0.331. The second-order valence-electron chi connectivity index (χ2n) is 4.51. The molecular weight excluding hydrogens is 262 g/mol. The van der Waals surface area contributed by atoms with E-state index in [1.54, 1.807) is 0 Å². The van der Waals surface area contributed by atoms with Gasteiger partial charge in [-0.15, -0.1) is 0 Å². The summed E-state index contributed by atoms with van der Waals surface area (Å²) in [6.07, 6.45) is -0.976. The fourth-order valence-corrected chi connectivity index (χ4v) is 3.34. The molecule has 0 radical (unpaired) electrons. The summed E-state index contributed by atoms with van der Waals surface area (Å²) >= 11 is 0. The summed E-state index contributed by atoms with van der Waals surface area (Å²) in [6, 6.07) is 0. The zero-order chi connectivity index (χ0) is 13.3. The molecule has 7 nitrogen and oxygen atoms in total. The van der Waals surface area contributed by atoms with Gasteiger partial charge in [-0.2, -0.15) is 0 Å². The highest BCUT2D eigenvalue weighted by atomic mass is 32.2. The van der Waals surface area contributed by atoms with Gasteiger partial charge in [0.25, 0.3) is 5.91 Å². The Balaban J connectivity index is 1.91. The number of nitrogens with zero attached hydrogens (tertiary/aromatic N) is 1. The first-order valence-electron chi connectivity index (χ1n) is 5.76. The van der Waals surface area contributed by atoms with Crippen molar-refractivity contribution >= 4 is 21.7 Å². The number of carbonyl (C=O) groups is 2. The SMILES string of the molecule is O=C(O)[C@H]1CC[C@@H](C(=O)N2CCS(=O)(=O)CC2)O1. The topological polar surface area (TPSA) is 101 Å². The van der Waals surface area contributed by atoms with Gasteiger partial charge in [-0.3, -0.25) is 4.79 Å². The highest BCUT2D eigenvalue weighted by Gasteiger charge is 2.38. The maximum atomic E-state index is 12.0. The molecule has 2 fully saturated rings. The van der Waals surface area contributed by atoms with E-state index < -0.39 is 28.0 Å². The van der Waals surface area contributed by atoms with E-state index in [1.807, 2.05) is 0 Å². The van der Waals surface area contributed by atoms with Crippen LogP contribution in [0.3, 0.4) is 0 Å². The molecule has 2 rings (SSSR count). The number of carbonyl (C=O) groups excluding carboxylic acids is 1. The minimum absolute atomic E-state index is 0.0339. The van der Waals surface area contributed by atoms with Crippen molar-refractivity contribution in [1.29, 1.82) is 0 Å². The van der Waals surface area contributed by atoms with Crippen molar-refractivity contribution in [2.75, 3.05) is 24.6 Å². The maximum absolute atomic E-state index is 12.0. The Morgan fingerprint density at radius 1 is 1.11 bits per heavy atom. The standard InChI is InChI=1S/C10H15NO6S/c12-9(7-1-2-8(17-7)10(13)14)11-3-5-18(15,16)6-4-11/h7-8H,1-6H2,(H,13,14)/t7-,8+/m0/s1. The summed E-state index contributed by atoms with van der Waals surface area (Å²) < 4.78 is 27.6. The van der Waals surface area contributed by atoms with Gasteiger partial charge in [0.2, 0.25) is 0 Å². The Morgan fingerprint density at radius 3 is 2.17 bits per heavy atom. The van der Waals surface area contributed by atoms with Crippen LogP contribution in [-0.4, -0.2) is 67.1 Å². The van der Waals surface area contributed by atoms with Crippen LogP contribution in [0.25, 0.3) is 0 Å². The number of sulfone groups is 1. The van der Waals surface area contributed by atoms with Crippen molar-refractivity contribution < 1.29 is 27.9 Å². The minimum atomic E-state index is -3.03. The molecule has 1 N–H and O–H groups in total. The summed E-state index contributed by atoms with van der Waals surface area (Å²) in [4.78, 5) is 24.1. The molecule has 2 aliphatic heterocycles. The Kier molecular flexibility index (Phi) is 3.58. The molecule has 0 aromatic carbocycles. The van der Waals surface area contributed by atoms with E-state index in [4.69, 9.17) is 9.84 Å². The second kappa shape index (κ2) is 4.85. The quantitative estimate of drug-likeness (QED) is 0.686. The van der Waals surface area contributed by atoms with Crippen LogP contribution in [0.15, 0.2) is 0 Å². The highest BCUT2D eigenvalue weighted by molar-refractivity contribution is 7.91. The van der Waals surface area contributed by atoms with Crippen molar-refractivity contribution in [2.24, 2.45) is 0 Å². The summed E-state index contributed by atoms with van der Waals surface area (Å²) in [5, 5.41) is 8.76. The Hall–Kier alpha value is -1.15. The normalized spacial score (nSPS) is 31.2. The number of ether oxygens (including phenoxy) is 1. The summed E-state index contributed by atoms with van der Waals surface area (Å²) in [5.74, 6) is -1.43. The predicted molar refractivity (Wildman–Crippen MR) is 60.8 cm³/mol. The number of rotatable bonds is 2. The molecule has 0 aliphatic carbocycles. The third-order valence-electron chi connectivity index (χ3n) is 3.23. The fraction of sp³-hybridized carbons (Fsp3) is 0.800. The first-order chi connectivity index (χ1) is 8.39. The lowest BCUT2D eigenvalue weighted by Crippen LogP contribution is -2.47. The van der Waals surface area contributed by atoms with Gasteiger partial charge in [-0.25, -0.2) is 13.2 Å². The van der Waals surface area contributed by atoms with E-state index in [9.17, 15) is 18.0 Å². The van der Waals surface area contributed by atoms with E-state index in [-0.39, 0.29) is 30.5 Å². The zero-order valence-electron chi connectivity index (χ0n) is 9.74. The van der Waals surface area contributed by atoms with Crippen molar-refractivity contribution in [3.05, 3.63) is 0 Å². The number of carboxylic acids is 1. The molecule has 0 aromatic rings. The third-order valence-corrected chi connectivity index (χ3v) is 4.84. The summed E-state index contributed by atoms with van der Waals surface area (Å²) in [5.41, 5.74) is 0. The lowest BCUT2D eigenvalue weighted by atomic mass is 10.2. The average molecular weight is 277 g/mol. The highest BCUT2D eigenvalue weighted by Crippen LogP contribution is 2.22. The number of amides is 1. The van der Waals surface area contributed by atoms with Crippen molar-refractivity contribution in [2.45, 2.75) is 25.0 Å². The van der Waals surface area contributed by atoms with Gasteiger partial charge in [0, 0.05) is 13.1 Å². The second-order valence-corrected chi connectivity index (χ2v) is 6.81. The smallest absolute Gasteiger partial charge is 0.332 e. The van der Waals surface area contributed by atoms with Gasteiger partial charge in [0.05, 0.1) is 11.5 Å². The molecule has 2 atom stereocenters. The van der Waals surface area contributed by atoms with E-state index in [0.29, 0.717) is 12.8 Å². The first kappa shape index (κ1) is 13.3. The molecule has 2 saturated heterocycles. The Morgan fingerprint density at radius 2 is 1.67 bits per heavy atom. The Bertz CT molecular complexity index is 445. The van der Waals surface area contributed by atoms with Gasteiger partial charge < -0.3 is 14.7 Å². The first-order valence-corrected chi connectivity index (χ1v) is 7.59. The minimum Gasteiger partial charge on any atom is -0.479 e. The van der Waals surface area contributed by atoms with Gasteiger partial charge >= 0.3 is 5.97 Å². The van der Waals surface area contributed by atoms with Crippen molar-refractivity contribution in [1.82, 2.24) is 4.90 Å². The molecule has 0 saturated carbocycles. The van der Waals surface area contributed by atoms with Crippen LogP contribution in [0, 0.1) is 0 Å².